The molecular weight excluding hydrogens is 380 g/mol. The van der Waals surface area contributed by atoms with Crippen molar-refractivity contribution in [3.63, 3.8) is 0 Å². The van der Waals surface area contributed by atoms with E-state index in [-0.39, 0.29) is 18.3 Å². The number of carbonyl (C=O) groups excluding carboxylic acids is 1. The molecule has 2 atom stereocenters. The summed E-state index contributed by atoms with van der Waals surface area (Å²) in [5.74, 6) is 2.99. The number of nitrogens with one attached hydrogen (secondary N) is 1. The Balaban J connectivity index is 0.00000280. The Morgan fingerprint density at radius 3 is 2.14 bits per heavy atom. The molecular formula is C21H33ClN2O4. The van der Waals surface area contributed by atoms with E-state index in [9.17, 15) is 4.79 Å². The lowest BCUT2D eigenvalue weighted by molar-refractivity contribution is -0.123. The molecule has 0 heterocycles. The number of hydrogen-bond acceptors (Lipinski definition) is 5. The summed E-state index contributed by atoms with van der Waals surface area (Å²) < 4.78 is 16.1. The van der Waals surface area contributed by atoms with Gasteiger partial charge in [0.25, 0.3) is 0 Å². The Hall–Kier alpha value is -1.66. The first-order valence-electron chi connectivity index (χ1n) is 9.89. The van der Waals surface area contributed by atoms with E-state index >= 15 is 0 Å². The van der Waals surface area contributed by atoms with Gasteiger partial charge in [-0.3, -0.25) is 4.79 Å². The van der Waals surface area contributed by atoms with Crippen LogP contribution in [-0.2, 0) is 11.2 Å². The maximum atomic E-state index is 12.6. The predicted molar refractivity (Wildman–Crippen MR) is 112 cm³/mol. The quantitative estimate of drug-likeness (QED) is 0.719. The van der Waals surface area contributed by atoms with E-state index in [0.717, 1.165) is 18.4 Å². The highest BCUT2D eigenvalue weighted by Gasteiger charge is 2.39. The Morgan fingerprint density at radius 1 is 1.07 bits per heavy atom. The summed E-state index contributed by atoms with van der Waals surface area (Å²) in [6.45, 7) is 0. The second kappa shape index (κ2) is 10.2. The summed E-state index contributed by atoms with van der Waals surface area (Å²) in [5, 5.41) is 3.31. The third-order valence-corrected chi connectivity index (χ3v) is 6.07. The average molecular weight is 413 g/mol. The second-order valence-electron chi connectivity index (χ2n) is 7.81. The van der Waals surface area contributed by atoms with Gasteiger partial charge < -0.3 is 25.3 Å². The molecule has 2 saturated carbocycles. The maximum absolute atomic E-state index is 12.6. The Labute approximate surface area is 173 Å². The van der Waals surface area contributed by atoms with Crippen LogP contribution in [0.3, 0.4) is 0 Å². The maximum Gasteiger partial charge on any atom is 0.220 e. The zero-order chi connectivity index (χ0) is 19.4. The number of halogens is 1. The molecule has 0 aromatic heterocycles. The molecule has 0 aliphatic heterocycles. The SMILES string of the molecule is COc1cc(CCC(=O)NC2C3CCCC2CC(N)C3)cc(OC)c1OC.Cl. The third kappa shape index (κ3) is 5.03. The van der Waals surface area contributed by atoms with Crippen LogP contribution < -0.4 is 25.3 Å². The Morgan fingerprint density at radius 2 is 1.64 bits per heavy atom. The van der Waals surface area contributed by atoms with Crippen molar-refractivity contribution in [2.75, 3.05) is 21.3 Å². The molecule has 0 spiro atoms. The van der Waals surface area contributed by atoms with Crippen molar-refractivity contribution in [1.29, 1.82) is 0 Å². The first kappa shape index (κ1) is 22.6. The highest BCUT2D eigenvalue weighted by atomic mass is 35.5. The van der Waals surface area contributed by atoms with E-state index in [1.54, 1.807) is 21.3 Å². The van der Waals surface area contributed by atoms with E-state index in [1.807, 2.05) is 12.1 Å². The topological polar surface area (TPSA) is 82.8 Å². The van der Waals surface area contributed by atoms with Crippen LogP contribution in [-0.4, -0.2) is 39.3 Å². The highest BCUT2D eigenvalue weighted by molar-refractivity contribution is 5.85. The molecule has 3 N–H and O–H groups in total. The number of carbonyl (C=O) groups is 1. The van der Waals surface area contributed by atoms with E-state index in [0.29, 0.717) is 54.0 Å². The molecule has 7 heteroatoms. The molecule has 1 amide bonds. The van der Waals surface area contributed by atoms with Crippen molar-refractivity contribution < 1.29 is 19.0 Å². The van der Waals surface area contributed by atoms with Gasteiger partial charge in [0.2, 0.25) is 11.7 Å². The van der Waals surface area contributed by atoms with Gasteiger partial charge in [-0.25, -0.2) is 0 Å². The molecule has 6 nitrogen and oxygen atoms in total. The number of nitrogens with two attached hydrogens (primary N) is 1. The predicted octanol–water partition coefficient (Wildman–Crippen LogP) is 3.09. The molecule has 2 aliphatic rings. The molecule has 2 bridgehead atoms. The van der Waals surface area contributed by atoms with Crippen molar-refractivity contribution >= 4 is 18.3 Å². The number of ether oxygens (including phenoxy) is 3. The summed E-state index contributed by atoms with van der Waals surface area (Å²) in [7, 11) is 4.78. The van der Waals surface area contributed by atoms with Crippen molar-refractivity contribution in [2.45, 2.75) is 57.0 Å². The van der Waals surface area contributed by atoms with Gasteiger partial charge in [-0.15, -0.1) is 12.4 Å². The zero-order valence-corrected chi connectivity index (χ0v) is 17.8. The van der Waals surface area contributed by atoms with E-state index in [4.69, 9.17) is 19.9 Å². The van der Waals surface area contributed by atoms with Crippen molar-refractivity contribution in [1.82, 2.24) is 5.32 Å². The molecule has 0 saturated heterocycles. The van der Waals surface area contributed by atoms with Gasteiger partial charge in [0.15, 0.2) is 11.5 Å². The van der Waals surface area contributed by atoms with Crippen LogP contribution >= 0.6 is 12.4 Å². The van der Waals surface area contributed by atoms with Crippen LogP contribution in [0.1, 0.15) is 44.1 Å². The molecule has 1 aromatic carbocycles. The van der Waals surface area contributed by atoms with E-state index < -0.39 is 0 Å². The smallest absolute Gasteiger partial charge is 0.220 e. The fraction of sp³-hybridized carbons (Fsp3) is 0.667. The zero-order valence-electron chi connectivity index (χ0n) is 17.0. The summed E-state index contributed by atoms with van der Waals surface area (Å²) >= 11 is 0. The minimum atomic E-state index is 0. The van der Waals surface area contributed by atoms with Crippen LogP contribution in [0.25, 0.3) is 0 Å². The lowest BCUT2D eigenvalue weighted by Crippen LogP contribution is -2.53. The van der Waals surface area contributed by atoms with Gasteiger partial charge in [-0.1, -0.05) is 6.42 Å². The van der Waals surface area contributed by atoms with Crippen LogP contribution in [0, 0.1) is 11.8 Å². The first-order chi connectivity index (χ1) is 13.0. The molecule has 158 valence electrons. The monoisotopic (exact) mass is 412 g/mol. The van der Waals surface area contributed by atoms with Crippen molar-refractivity contribution in [3.8, 4) is 17.2 Å². The van der Waals surface area contributed by atoms with E-state index in [1.165, 1.54) is 19.3 Å². The normalized spacial score (nSPS) is 26.0. The molecule has 2 fully saturated rings. The van der Waals surface area contributed by atoms with Crippen molar-refractivity contribution in [3.05, 3.63) is 17.7 Å². The lowest BCUT2D eigenvalue weighted by atomic mass is 9.67. The molecule has 1 aromatic rings. The van der Waals surface area contributed by atoms with Gasteiger partial charge in [-0.2, -0.15) is 0 Å². The largest absolute Gasteiger partial charge is 0.493 e. The summed E-state index contributed by atoms with van der Waals surface area (Å²) in [6.07, 6.45) is 6.78. The Bertz CT molecular complexity index is 631. The van der Waals surface area contributed by atoms with Crippen LogP contribution in [0.5, 0.6) is 17.2 Å². The van der Waals surface area contributed by atoms with Crippen LogP contribution in [0.2, 0.25) is 0 Å². The van der Waals surface area contributed by atoms with Gasteiger partial charge in [-0.05, 0) is 61.6 Å². The number of rotatable bonds is 7. The summed E-state index contributed by atoms with van der Waals surface area (Å²) in [5.41, 5.74) is 7.18. The lowest BCUT2D eigenvalue weighted by Gasteiger charge is -2.45. The molecule has 0 radical (unpaired) electrons. The Kier molecular flexibility index (Phi) is 8.25. The molecule has 2 unspecified atom stereocenters. The number of benzene rings is 1. The van der Waals surface area contributed by atoms with Gasteiger partial charge in [0.05, 0.1) is 21.3 Å². The fourth-order valence-corrected chi connectivity index (χ4v) is 4.82. The minimum absolute atomic E-state index is 0. The van der Waals surface area contributed by atoms with Crippen LogP contribution in [0.15, 0.2) is 12.1 Å². The van der Waals surface area contributed by atoms with Gasteiger partial charge >= 0.3 is 0 Å². The highest BCUT2D eigenvalue weighted by Crippen LogP contribution is 2.40. The second-order valence-corrected chi connectivity index (χ2v) is 7.81. The van der Waals surface area contributed by atoms with Crippen molar-refractivity contribution in [2.24, 2.45) is 17.6 Å². The molecule has 2 aliphatic carbocycles. The number of aryl methyl sites for hydroxylation is 1. The summed E-state index contributed by atoms with van der Waals surface area (Å²) in [4.78, 5) is 12.6. The average Bonchev–Trinajstić information content (AvgIpc) is 2.66. The summed E-state index contributed by atoms with van der Waals surface area (Å²) in [6, 6.07) is 4.41. The number of amides is 1. The number of hydrogen-bond donors (Lipinski definition) is 2. The first-order valence-corrected chi connectivity index (χ1v) is 9.89. The number of fused-ring (bicyclic) bond motifs is 2. The van der Waals surface area contributed by atoms with Crippen LogP contribution in [0.4, 0.5) is 0 Å². The van der Waals surface area contributed by atoms with E-state index in [2.05, 4.69) is 5.32 Å². The molecule has 28 heavy (non-hydrogen) atoms. The number of methoxy groups -OCH3 is 3. The minimum Gasteiger partial charge on any atom is -0.493 e. The van der Waals surface area contributed by atoms with Gasteiger partial charge in [0.1, 0.15) is 0 Å². The third-order valence-electron chi connectivity index (χ3n) is 6.07. The molecule has 3 rings (SSSR count). The standard InChI is InChI=1S/C21H32N2O4.ClH/c1-25-17-9-13(10-18(26-2)21(17)27-3)7-8-19(24)23-20-14-5-4-6-15(20)12-16(22)11-14;/h9-10,14-16,20H,4-8,11-12,22H2,1-3H3,(H,23,24);1H. The fourth-order valence-electron chi connectivity index (χ4n) is 4.82. The van der Waals surface area contributed by atoms with Gasteiger partial charge in [0, 0.05) is 18.5 Å².